The van der Waals surface area contributed by atoms with Crippen LogP contribution in [0.4, 0.5) is 0 Å². The highest BCUT2D eigenvalue weighted by atomic mass is 15.1. The van der Waals surface area contributed by atoms with Crippen molar-refractivity contribution >= 4 is 0 Å². The molecule has 0 saturated carbocycles. The maximum absolute atomic E-state index is 4.10. The van der Waals surface area contributed by atoms with Crippen LogP contribution in [0.3, 0.4) is 0 Å². The number of hydrogen-bond donors (Lipinski definition) is 1. The first kappa shape index (κ1) is 18.1. The maximum Gasteiger partial charge on any atom is 0.0271 e. The molecule has 21 heavy (non-hydrogen) atoms. The van der Waals surface area contributed by atoms with Crippen molar-refractivity contribution in [3.63, 3.8) is 0 Å². The van der Waals surface area contributed by atoms with Crippen molar-refractivity contribution in [1.29, 1.82) is 0 Å². The van der Waals surface area contributed by atoms with Crippen LogP contribution in [0.25, 0.3) is 0 Å². The third-order valence-corrected chi connectivity index (χ3v) is 4.00. The van der Waals surface area contributed by atoms with Gasteiger partial charge < -0.3 is 5.32 Å². The number of nitrogens with zero attached hydrogens (tertiary/aromatic N) is 2. The van der Waals surface area contributed by atoms with Gasteiger partial charge in [0, 0.05) is 38.1 Å². The van der Waals surface area contributed by atoms with Crippen molar-refractivity contribution in [2.24, 2.45) is 5.41 Å². The molecule has 0 aromatic carbocycles. The van der Waals surface area contributed by atoms with Gasteiger partial charge in [-0.05, 0) is 36.1 Å². The summed E-state index contributed by atoms with van der Waals surface area (Å²) in [6, 6.07) is 4.79. The molecule has 0 amide bonds. The van der Waals surface area contributed by atoms with E-state index in [4.69, 9.17) is 0 Å². The first-order valence-corrected chi connectivity index (χ1v) is 8.33. The summed E-state index contributed by atoms with van der Waals surface area (Å²) in [4.78, 5) is 6.65. The molecule has 0 bridgehead atoms. The maximum atomic E-state index is 4.10. The lowest BCUT2D eigenvalue weighted by Gasteiger charge is -2.36. The predicted molar refractivity (Wildman–Crippen MR) is 91.3 cm³/mol. The molecule has 3 heteroatoms. The zero-order chi connectivity index (χ0) is 15.7. The smallest absolute Gasteiger partial charge is 0.0271 e. The predicted octanol–water partition coefficient (Wildman–Crippen LogP) is 3.71. The van der Waals surface area contributed by atoms with Gasteiger partial charge in [0.15, 0.2) is 0 Å². The second-order valence-electron chi connectivity index (χ2n) is 6.75. The van der Waals surface area contributed by atoms with Crippen LogP contribution in [-0.4, -0.2) is 35.6 Å². The fourth-order valence-corrected chi connectivity index (χ4v) is 2.84. The van der Waals surface area contributed by atoms with Gasteiger partial charge in [-0.15, -0.1) is 0 Å². The van der Waals surface area contributed by atoms with E-state index in [-0.39, 0.29) is 0 Å². The van der Waals surface area contributed by atoms with Crippen LogP contribution in [0.15, 0.2) is 24.5 Å². The van der Waals surface area contributed by atoms with Crippen LogP contribution in [0.2, 0.25) is 0 Å². The summed E-state index contributed by atoms with van der Waals surface area (Å²) in [6.45, 7) is 15.7. The van der Waals surface area contributed by atoms with Gasteiger partial charge in [-0.25, -0.2) is 0 Å². The van der Waals surface area contributed by atoms with E-state index < -0.39 is 0 Å². The van der Waals surface area contributed by atoms with Gasteiger partial charge in [0.25, 0.3) is 0 Å². The van der Waals surface area contributed by atoms with E-state index in [1.807, 2.05) is 12.4 Å². The lowest BCUT2D eigenvalue weighted by atomic mass is 9.84. The van der Waals surface area contributed by atoms with Crippen LogP contribution in [-0.2, 0) is 6.54 Å². The third-order valence-electron chi connectivity index (χ3n) is 4.00. The molecule has 0 aliphatic heterocycles. The molecular weight excluding hydrogens is 258 g/mol. The number of rotatable bonds is 10. The van der Waals surface area contributed by atoms with E-state index >= 15 is 0 Å². The van der Waals surface area contributed by atoms with Crippen LogP contribution < -0.4 is 5.32 Å². The Bertz CT molecular complexity index is 377. The molecule has 0 spiro atoms. The second kappa shape index (κ2) is 9.16. The van der Waals surface area contributed by atoms with Crippen molar-refractivity contribution in [3.8, 4) is 0 Å². The fraction of sp³-hybridized carbons (Fsp3) is 0.722. The Morgan fingerprint density at radius 2 is 1.90 bits per heavy atom. The quantitative estimate of drug-likeness (QED) is 0.712. The largest absolute Gasteiger partial charge is 0.314 e. The molecule has 1 rings (SSSR count). The SMILES string of the molecule is CCCC(C)(CNC(C)C)CN(CC)Cc1ccncc1. The van der Waals surface area contributed by atoms with Gasteiger partial charge in [0.1, 0.15) is 0 Å². The van der Waals surface area contributed by atoms with E-state index in [1.165, 1.54) is 18.4 Å². The van der Waals surface area contributed by atoms with E-state index in [9.17, 15) is 0 Å². The number of hydrogen-bond acceptors (Lipinski definition) is 3. The van der Waals surface area contributed by atoms with Crippen molar-refractivity contribution in [2.45, 2.75) is 60.0 Å². The number of nitrogens with one attached hydrogen (secondary N) is 1. The van der Waals surface area contributed by atoms with Gasteiger partial charge in [-0.3, -0.25) is 9.88 Å². The molecule has 1 heterocycles. The number of aromatic nitrogens is 1. The highest BCUT2D eigenvalue weighted by Gasteiger charge is 2.26. The topological polar surface area (TPSA) is 28.2 Å². The average molecular weight is 291 g/mol. The zero-order valence-corrected chi connectivity index (χ0v) is 14.5. The Morgan fingerprint density at radius 1 is 1.24 bits per heavy atom. The molecule has 0 aliphatic rings. The minimum absolute atomic E-state index is 0.335. The summed E-state index contributed by atoms with van der Waals surface area (Å²) in [6.07, 6.45) is 6.27. The minimum Gasteiger partial charge on any atom is -0.314 e. The van der Waals surface area contributed by atoms with Gasteiger partial charge in [-0.1, -0.05) is 41.0 Å². The van der Waals surface area contributed by atoms with Gasteiger partial charge in [0.2, 0.25) is 0 Å². The molecule has 0 radical (unpaired) electrons. The van der Waals surface area contributed by atoms with Crippen molar-refractivity contribution in [2.75, 3.05) is 19.6 Å². The molecule has 1 N–H and O–H groups in total. The van der Waals surface area contributed by atoms with E-state index in [1.54, 1.807) is 0 Å². The first-order chi connectivity index (χ1) is 9.99. The van der Waals surface area contributed by atoms with Crippen molar-refractivity contribution in [1.82, 2.24) is 15.2 Å². The molecule has 1 unspecified atom stereocenters. The van der Waals surface area contributed by atoms with E-state index in [2.05, 4.69) is 62.0 Å². The Morgan fingerprint density at radius 3 is 2.43 bits per heavy atom. The molecule has 0 aliphatic carbocycles. The first-order valence-electron chi connectivity index (χ1n) is 8.33. The molecule has 1 atom stereocenters. The summed E-state index contributed by atoms with van der Waals surface area (Å²) in [5.74, 6) is 0. The van der Waals surface area contributed by atoms with Crippen LogP contribution in [0.5, 0.6) is 0 Å². The monoisotopic (exact) mass is 291 g/mol. The Hall–Kier alpha value is -0.930. The van der Waals surface area contributed by atoms with Gasteiger partial charge in [0.05, 0.1) is 0 Å². The molecule has 3 nitrogen and oxygen atoms in total. The normalized spacial score (nSPS) is 14.6. The Labute approximate surface area is 131 Å². The van der Waals surface area contributed by atoms with Gasteiger partial charge >= 0.3 is 0 Å². The summed E-state index contributed by atoms with van der Waals surface area (Å²) >= 11 is 0. The highest BCUT2D eigenvalue weighted by molar-refractivity contribution is 5.09. The standard InChI is InChI=1S/C18H33N3/c1-6-10-18(5,14-20-16(3)4)15-21(7-2)13-17-8-11-19-12-9-17/h8-9,11-12,16,20H,6-7,10,13-15H2,1-5H3. The van der Waals surface area contributed by atoms with E-state index in [0.29, 0.717) is 11.5 Å². The van der Waals surface area contributed by atoms with Crippen LogP contribution in [0, 0.1) is 5.41 Å². The summed E-state index contributed by atoms with van der Waals surface area (Å²) in [5.41, 5.74) is 1.68. The Balaban J connectivity index is 2.65. The fourth-order valence-electron chi connectivity index (χ4n) is 2.84. The average Bonchev–Trinajstić information content (AvgIpc) is 2.46. The zero-order valence-electron chi connectivity index (χ0n) is 14.5. The highest BCUT2D eigenvalue weighted by Crippen LogP contribution is 2.25. The molecule has 0 fully saturated rings. The summed E-state index contributed by atoms with van der Waals surface area (Å²) in [7, 11) is 0. The van der Waals surface area contributed by atoms with E-state index in [0.717, 1.165) is 26.2 Å². The minimum atomic E-state index is 0.335. The van der Waals surface area contributed by atoms with Gasteiger partial charge in [-0.2, -0.15) is 0 Å². The second-order valence-corrected chi connectivity index (χ2v) is 6.75. The van der Waals surface area contributed by atoms with Crippen LogP contribution in [0.1, 0.15) is 53.0 Å². The number of pyridine rings is 1. The molecule has 0 saturated heterocycles. The molecule has 1 aromatic heterocycles. The molecular formula is C18H33N3. The summed E-state index contributed by atoms with van der Waals surface area (Å²) < 4.78 is 0. The van der Waals surface area contributed by atoms with Crippen LogP contribution >= 0.6 is 0 Å². The van der Waals surface area contributed by atoms with Crippen molar-refractivity contribution < 1.29 is 0 Å². The molecule has 1 aromatic rings. The van der Waals surface area contributed by atoms with Crippen molar-refractivity contribution in [3.05, 3.63) is 30.1 Å². The lowest BCUT2D eigenvalue weighted by molar-refractivity contribution is 0.146. The third kappa shape index (κ3) is 7.05. The lowest BCUT2D eigenvalue weighted by Crippen LogP contribution is -2.43. The molecule has 120 valence electrons. The summed E-state index contributed by atoms with van der Waals surface area (Å²) in [5, 5.41) is 3.63. The Kier molecular flexibility index (Phi) is 7.91.